The van der Waals surface area contributed by atoms with Crippen LogP contribution in [0.1, 0.15) is 36.5 Å². The van der Waals surface area contributed by atoms with Gasteiger partial charge in [-0.25, -0.2) is 0 Å². The molecule has 2 heterocycles. The summed E-state index contributed by atoms with van der Waals surface area (Å²) in [6.45, 7) is 2.52. The van der Waals surface area contributed by atoms with Gasteiger partial charge in [0.2, 0.25) is 5.91 Å². The Balaban J connectivity index is 1.45. The highest BCUT2D eigenvalue weighted by atomic mass is 16.5. The van der Waals surface area contributed by atoms with Gasteiger partial charge in [-0.1, -0.05) is 55.8 Å². The van der Waals surface area contributed by atoms with Crippen LogP contribution in [-0.2, 0) is 14.3 Å². The molecule has 3 atom stereocenters. The monoisotopic (exact) mass is 406 g/mol. The lowest BCUT2D eigenvalue weighted by molar-refractivity contribution is -0.138. The summed E-state index contributed by atoms with van der Waals surface area (Å²) in [5.74, 6) is -0.535. The summed E-state index contributed by atoms with van der Waals surface area (Å²) in [6.07, 6.45) is 1.73. The number of nitrogens with zero attached hydrogens (tertiary/aromatic N) is 1. The minimum Gasteiger partial charge on any atom is -0.368 e. The van der Waals surface area contributed by atoms with Crippen molar-refractivity contribution in [3.05, 3.63) is 60.2 Å². The first kappa shape index (κ1) is 20.3. The van der Waals surface area contributed by atoms with E-state index in [9.17, 15) is 14.4 Å². The number of hydrogen-bond acceptors (Lipinski definition) is 4. The Kier molecular flexibility index (Phi) is 5.95. The van der Waals surface area contributed by atoms with Gasteiger partial charge in [0.25, 0.3) is 5.91 Å². The maximum absolute atomic E-state index is 13.1. The van der Waals surface area contributed by atoms with Gasteiger partial charge in [-0.15, -0.1) is 0 Å². The van der Waals surface area contributed by atoms with E-state index in [4.69, 9.17) is 4.74 Å². The van der Waals surface area contributed by atoms with Crippen LogP contribution in [0.3, 0.4) is 0 Å². The summed E-state index contributed by atoms with van der Waals surface area (Å²) in [7, 11) is 0. The molecule has 3 unspecified atom stereocenters. The molecule has 2 fully saturated rings. The Morgan fingerprint density at radius 3 is 2.50 bits per heavy atom. The molecule has 156 valence electrons. The van der Waals surface area contributed by atoms with Crippen molar-refractivity contribution in [1.29, 1.82) is 0 Å². The normalized spacial score (nSPS) is 21.4. The van der Waals surface area contributed by atoms with E-state index in [0.29, 0.717) is 24.9 Å². The SMILES string of the molecule is CCCC(NC(=O)c1ccc(-c2ccccc2)cc1)C(=O)N1CCC2OCC(=O)C21. The van der Waals surface area contributed by atoms with Crippen LogP contribution >= 0.6 is 0 Å². The molecule has 6 heteroatoms. The van der Waals surface area contributed by atoms with Gasteiger partial charge in [0, 0.05) is 12.1 Å². The number of fused-ring (bicyclic) bond motifs is 1. The van der Waals surface area contributed by atoms with Crippen molar-refractivity contribution in [2.24, 2.45) is 0 Å². The lowest BCUT2D eigenvalue weighted by Crippen LogP contribution is -2.52. The fourth-order valence-electron chi connectivity index (χ4n) is 4.27. The molecule has 0 bridgehead atoms. The van der Waals surface area contributed by atoms with Crippen LogP contribution in [0.15, 0.2) is 54.6 Å². The lowest BCUT2D eigenvalue weighted by Gasteiger charge is -2.27. The second-order valence-corrected chi connectivity index (χ2v) is 7.84. The number of ether oxygens (including phenoxy) is 1. The van der Waals surface area contributed by atoms with Gasteiger partial charge in [0.05, 0.1) is 6.10 Å². The first-order valence-electron chi connectivity index (χ1n) is 10.5. The minimum absolute atomic E-state index is 0.0519. The molecule has 1 N–H and O–H groups in total. The summed E-state index contributed by atoms with van der Waals surface area (Å²) in [6, 6.07) is 16.1. The van der Waals surface area contributed by atoms with Crippen molar-refractivity contribution in [1.82, 2.24) is 10.2 Å². The highest BCUT2D eigenvalue weighted by Crippen LogP contribution is 2.28. The molecular formula is C24H26N2O4. The molecule has 0 spiro atoms. The number of likely N-dealkylation sites (tertiary alicyclic amines) is 1. The number of amides is 2. The quantitative estimate of drug-likeness (QED) is 0.800. The Morgan fingerprint density at radius 2 is 1.80 bits per heavy atom. The maximum Gasteiger partial charge on any atom is 0.251 e. The van der Waals surface area contributed by atoms with Crippen LogP contribution in [0.4, 0.5) is 0 Å². The molecule has 2 saturated heterocycles. The van der Waals surface area contributed by atoms with Crippen LogP contribution in [0.25, 0.3) is 11.1 Å². The van der Waals surface area contributed by atoms with E-state index in [0.717, 1.165) is 17.5 Å². The first-order valence-corrected chi connectivity index (χ1v) is 10.5. The fourth-order valence-corrected chi connectivity index (χ4v) is 4.27. The molecule has 0 saturated carbocycles. The van der Waals surface area contributed by atoms with E-state index in [1.807, 2.05) is 49.4 Å². The molecule has 0 aliphatic carbocycles. The summed E-state index contributed by atoms with van der Waals surface area (Å²) >= 11 is 0. The summed E-state index contributed by atoms with van der Waals surface area (Å²) < 4.78 is 5.48. The molecule has 2 amide bonds. The minimum atomic E-state index is -0.650. The summed E-state index contributed by atoms with van der Waals surface area (Å²) in [5, 5.41) is 2.88. The zero-order valence-electron chi connectivity index (χ0n) is 17.0. The molecule has 0 radical (unpaired) electrons. The van der Waals surface area contributed by atoms with Gasteiger partial charge >= 0.3 is 0 Å². The van der Waals surface area contributed by atoms with Gasteiger partial charge in [-0.2, -0.15) is 0 Å². The predicted octanol–water partition coefficient (Wildman–Crippen LogP) is 2.82. The molecular weight excluding hydrogens is 380 g/mol. The second-order valence-electron chi connectivity index (χ2n) is 7.84. The molecule has 4 rings (SSSR count). The van der Waals surface area contributed by atoms with Crippen LogP contribution in [0, 0.1) is 0 Å². The molecule has 0 aromatic heterocycles. The third kappa shape index (κ3) is 4.00. The van der Waals surface area contributed by atoms with E-state index in [1.54, 1.807) is 17.0 Å². The van der Waals surface area contributed by atoms with Crippen molar-refractivity contribution in [2.45, 2.75) is 44.4 Å². The van der Waals surface area contributed by atoms with Crippen molar-refractivity contribution < 1.29 is 19.1 Å². The van der Waals surface area contributed by atoms with Gasteiger partial charge < -0.3 is 15.0 Å². The van der Waals surface area contributed by atoms with E-state index in [2.05, 4.69) is 5.32 Å². The number of ketones is 1. The second kappa shape index (κ2) is 8.79. The third-order valence-electron chi connectivity index (χ3n) is 5.83. The molecule has 2 aliphatic rings. The highest BCUT2D eigenvalue weighted by molar-refractivity contribution is 5.99. The molecule has 2 aromatic carbocycles. The topological polar surface area (TPSA) is 75.7 Å². The van der Waals surface area contributed by atoms with Crippen molar-refractivity contribution in [3.8, 4) is 11.1 Å². The van der Waals surface area contributed by atoms with Crippen molar-refractivity contribution in [2.75, 3.05) is 13.2 Å². The van der Waals surface area contributed by atoms with Gasteiger partial charge in [0.15, 0.2) is 5.78 Å². The Morgan fingerprint density at radius 1 is 1.10 bits per heavy atom. The molecule has 6 nitrogen and oxygen atoms in total. The summed E-state index contributed by atoms with van der Waals surface area (Å²) in [5.41, 5.74) is 2.61. The van der Waals surface area contributed by atoms with Gasteiger partial charge in [0.1, 0.15) is 18.7 Å². The largest absolute Gasteiger partial charge is 0.368 e. The maximum atomic E-state index is 13.1. The van der Waals surface area contributed by atoms with E-state index in [1.165, 1.54) is 0 Å². The standard InChI is InChI=1S/C24H26N2O4/c1-2-6-19(24(29)26-14-13-21-22(26)20(27)15-30-21)25-23(28)18-11-9-17(10-12-18)16-7-4-3-5-8-16/h3-5,7-12,19,21-22H,2,6,13-15H2,1H3,(H,25,28). The Labute approximate surface area is 176 Å². The number of nitrogens with one attached hydrogen (secondary N) is 1. The lowest BCUT2D eigenvalue weighted by atomic mass is 10.0. The first-order chi connectivity index (χ1) is 14.6. The van der Waals surface area contributed by atoms with E-state index >= 15 is 0 Å². The van der Waals surface area contributed by atoms with E-state index in [-0.39, 0.29) is 30.3 Å². The zero-order chi connectivity index (χ0) is 21.1. The third-order valence-corrected chi connectivity index (χ3v) is 5.83. The average molecular weight is 406 g/mol. The average Bonchev–Trinajstić information content (AvgIpc) is 3.36. The smallest absolute Gasteiger partial charge is 0.251 e. The number of benzene rings is 2. The van der Waals surface area contributed by atoms with Gasteiger partial charge in [-0.3, -0.25) is 14.4 Å². The molecule has 2 aromatic rings. The van der Waals surface area contributed by atoms with Crippen LogP contribution in [-0.4, -0.2) is 53.8 Å². The van der Waals surface area contributed by atoms with Crippen LogP contribution in [0.2, 0.25) is 0 Å². The molecule has 30 heavy (non-hydrogen) atoms. The number of Topliss-reactive ketones (excluding diaryl/α,β-unsaturated/α-hetero) is 1. The summed E-state index contributed by atoms with van der Waals surface area (Å²) in [4.78, 5) is 39.7. The number of carbonyl (C=O) groups is 3. The number of rotatable bonds is 6. The number of hydrogen-bond donors (Lipinski definition) is 1. The van der Waals surface area contributed by atoms with Crippen LogP contribution < -0.4 is 5.32 Å². The molecule has 2 aliphatic heterocycles. The van der Waals surface area contributed by atoms with Crippen LogP contribution in [0.5, 0.6) is 0 Å². The predicted molar refractivity (Wildman–Crippen MR) is 113 cm³/mol. The van der Waals surface area contributed by atoms with Crippen molar-refractivity contribution >= 4 is 17.6 Å². The Bertz CT molecular complexity index is 926. The highest BCUT2D eigenvalue weighted by Gasteiger charge is 2.47. The van der Waals surface area contributed by atoms with Gasteiger partial charge in [-0.05, 0) is 36.1 Å². The Hall–Kier alpha value is -2.99. The van der Waals surface area contributed by atoms with Crippen molar-refractivity contribution in [3.63, 3.8) is 0 Å². The fraction of sp³-hybridized carbons (Fsp3) is 0.375. The van der Waals surface area contributed by atoms with E-state index < -0.39 is 12.1 Å². The zero-order valence-corrected chi connectivity index (χ0v) is 17.0. The number of carbonyl (C=O) groups excluding carboxylic acids is 3.